The molecular weight excluding hydrogens is 378 g/mol. The summed E-state index contributed by atoms with van der Waals surface area (Å²) in [5, 5.41) is 23.0. The lowest BCUT2D eigenvalue weighted by molar-refractivity contribution is -0.125. The monoisotopic (exact) mass is 393 g/mol. The minimum Gasteiger partial charge on any atom is -0.354 e. The highest BCUT2D eigenvalue weighted by Gasteiger charge is 2.30. The number of carbonyl (C=O) groups is 1. The van der Waals surface area contributed by atoms with E-state index in [1.165, 1.54) is 22.2 Å². The molecule has 0 saturated carbocycles. The third kappa shape index (κ3) is 3.29. The van der Waals surface area contributed by atoms with Crippen LogP contribution in [0, 0.1) is 5.92 Å². The van der Waals surface area contributed by atoms with Crippen molar-refractivity contribution in [2.75, 3.05) is 11.9 Å². The number of fused-ring (bicyclic) bond motifs is 1. The maximum Gasteiger partial charge on any atom is 0.247 e. The SMILES string of the molecule is CC(C)C1=NN(CC(=O)Nc2ccncn2)C(O)n2nc(Br)cc21. The van der Waals surface area contributed by atoms with Crippen molar-refractivity contribution >= 4 is 33.4 Å². The number of carbonyl (C=O) groups excluding carboxylic acids is 1. The van der Waals surface area contributed by atoms with Gasteiger partial charge in [-0.15, -0.1) is 0 Å². The van der Waals surface area contributed by atoms with Crippen LogP contribution in [-0.4, -0.2) is 48.0 Å². The van der Waals surface area contributed by atoms with Gasteiger partial charge in [0.15, 0.2) is 0 Å². The first-order valence-corrected chi connectivity index (χ1v) is 8.09. The van der Waals surface area contributed by atoms with Crippen molar-refractivity contribution < 1.29 is 9.90 Å². The Hall–Kier alpha value is -2.33. The molecular formula is C14H16BrN7O2. The van der Waals surface area contributed by atoms with Gasteiger partial charge in [-0.2, -0.15) is 10.2 Å². The van der Waals surface area contributed by atoms with Crippen LogP contribution in [0.5, 0.6) is 0 Å². The second-order valence-corrected chi connectivity index (χ2v) is 6.34. The van der Waals surface area contributed by atoms with E-state index in [9.17, 15) is 9.90 Å². The zero-order valence-corrected chi connectivity index (χ0v) is 14.7. The Morgan fingerprint density at radius 1 is 1.50 bits per heavy atom. The fourth-order valence-electron chi connectivity index (χ4n) is 2.32. The van der Waals surface area contributed by atoms with Gasteiger partial charge in [0.1, 0.15) is 23.3 Å². The van der Waals surface area contributed by atoms with Gasteiger partial charge in [-0.1, -0.05) is 13.8 Å². The number of hydrogen-bond donors (Lipinski definition) is 2. The van der Waals surface area contributed by atoms with E-state index < -0.39 is 6.35 Å². The molecule has 1 aliphatic rings. The van der Waals surface area contributed by atoms with Crippen LogP contribution in [-0.2, 0) is 4.79 Å². The summed E-state index contributed by atoms with van der Waals surface area (Å²) < 4.78 is 2.03. The summed E-state index contributed by atoms with van der Waals surface area (Å²) in [7, 11) is 0. The van der Waals surface area contributed by atoms with Gasteiger partial charge in [0, 0.05) is 12.3 Å². The average Bonchev–Trinajstić information content (AvgIpc) is 2.92. The van der Waals surface area contributed by atoms with Crippen molar-refractivity contribution in [2.24, 2.45) is 11.0 Å². The summed E-state index contributed by atoms with van der Waals surface area (Å²) in [6.45, 7) is 3.83. The van der Waals surface area contributed by atoms with E-state index in [-0.39, 0.29) is 18.4 Å². The molecule has 3 rings (SSSR count). The first-order valence-electron chi connectivity index (χ1n) is 7.30. The van der Waals surface area contributed by atoms with Gasteiger partial charge in [0.2, 0.25) is 12.3 Å². The Bertz CT molecular complexity index is 775. The molecule has 1 amide bonds. The zero-order chi connectivity index (χ0) is 17.3. The number of hydrazone groups is 1. The average molecular weight is 394 g/mol. The minimum absolute atomic E-state index is 0.104. The molecule has 1 unspecified atom stereocenters. The number of nitrogens with one attached hydrogen (secondary N) is 1. The molecule has 2 aromatic rings. The third-order valence-electron chi connectivity index (χ3n) is 3.39. The van der Waals surface area contributed by atoms with E-state index in [0.29, 0.717) is 10.4 Å². The number of halogens is 1. The molecule has 3 heterocycles. The quantitative estimate of drug-likeness (QED) is 0.807. The molecule has 0 fully saturated rings. The van der Waals surface area contributed by atoms with Crippen LogP contribution < -0.4 is 5.32 Å². The minimum atomic E-state index is -1.16. The molecule has 1 aliphatic heterocycles. The lowest BCUT2D eigenvalue weighted by atomic mass is 10.1. The van der Waals surface area contributed by atoms with Gasteiger partial charge in [-0.3, -0.25) is 4.79 Å². The van der Waals surface area contributed by atoms with Crippen molar-refractivity contribution in [3.8, 4) is 0 Å². The summed E-state index contributed by atoms with van der Waals surface area (Å²) in [6, 6.07) is 3.37. The lowest BCUT2D eigenvalue weighted by Crippen LogP contribution is -2.41. The summed E-state index contributed by atoms with van der Waals surface area (Å²) >= 11 is 3.30. The molecule has 126 valence electrons. The number of nitrogens with zero attached hydrogens (tertiary/aromatic N) is 6. The van der Waals surface area contributed by atoms with Crippen LogP contribution in [0.1, 0.15) is 25.9 Å². The molecule has 0 saturated heterocycles. The molecule has 2 aromatic heterocycles. The number of amides is 1. The highest BCUT2D eigenvalue weighted by molar-refractivity contribution is 9.10. The van der Waals surface area contributed by atoms with Gasteiger partial charge < -0.3 is 10.4 Å². The number of aliphatic hydroxyl groups is 1. The molecule has 0 spiro atoms. The fourth-order valence-corrected chi connectivity index (χ4v) is 2.71. The van der Waals surface area contributed by atoms with Crippen LogP contribution in [0.15, 0.2) is 34.4 Å². The molecule has 10 heteroatoms. The van der Waals surface area contributed by atoms with E-state index in [1.807, 2.05) is 13.8 Å². The van der Waals surface area contributed by atoms with Crippen LogP contribution in [0.25, 0.3) is 0 Å². The van der Waals surface area contributed by atoms with Crippen molar-refractivity contribution in [2.45, 2.75) is 20.2 Å². The number of rotatable bonds is 4. The Labute approximate surface area is 146 Å². The predicted molar refractivity (Wildman–Crippen MR) is 89.9 cm³/mol. The van der Waals surface area contributed by atoms with Gasteiger partial charge in [0.05, 0.1) is 11.4 Å². The largest absolute Gasteiger partial charge is 0.354 e. The summed E-state index contributed by atoms with van der Waals surface area (Å²) in [6.07, 6.45) is 1.71. The summed E-state index contributed by atoms with van der Waals surface area (Å²) in [4.78, 5) is 19.9. The van der Waals surface area contributed by atoms with Gasteiger partial charge in [-0.25, -0.2) is 19.7 Å². The molecule has 24 heavy (non-hydrogen) atoms. The van der Waals surface area contributed by atoms with Crippen LogP contribution in [0.4, 0.5) is 5.82 Å². The highest BCUT2D eigenvalue weighted by atomic mass is 79.9. The van der Waals surface area contributed by atoms with Crippen molar-refractivity contribution in [1.29, 1.82) is 0 Å². The van der Waals surface area contributed by atoms with E-state index in [0.717, 1.165) is 11.4 Å². The Morgan fingerprint density at radius 2 is 2.29 bits per heavy atom. The van der Waals surface area contributed by atoms with E-state index in [1.54, 1.807) is 12.1 Å². The smallest absolute Gasteiger partial charge is 0.247 e. The predicted octanol–water partition coefficient (Wildman–Crippen LogP) is 1.20. The third-order valence-corrected chi connectivity index (χ3v) is 3.78. The van der Waals surface area contributed by atoms with Gasteiger partial charge >= 0.3 is 0 Å². The second-order valence-electron chi connectivity index (χ2n) is 5.52. The maximum absolute atomic E-state index is 12.2. The van der Waals surface area contributed by atoms with Crippen molar-refractivity contribution in [1.82, 2.24) is 24.8 Å². The number of aliphatic hydroxyl groups excluding tert-OH is 1. The standard InChI is InChI=1S/C14H16BrN7O2/c1-8(2)13-9-5-10(15)19-22(9)14(24)21(20-13)6-12(23)18-11-3-4-16-7-17-11/h3-5,7-8,14,24H,6H2,1-2H3,(H,16,17,18,23). The van der Waals surface area contributed by atoms with Crippen molar-refractivity contribution in [3.05, 3.63) is 35.0 Å². The molecule has 0 aromatic carbocycles. The maximum atomic E-state index is 12.2. The number of aromatic nitrogens is 4. The van der Waals surface area contributed by atoms with E-state index in [2.05, 4.69) is 41.4 Å². The van der Waals surface area contributed by atoms with Gasteiger partial charge in [-0.05, 0) is 27.9 Å². The molecule has 1 atom stereocenters. The lowest BCUT2D eigenvalue weighted by Gasteiger charge is -2.31. The number of anilines is 1. The Kier molecular flexibility index (Phi) is 4.58. The fraction of sp³-hybridized carbons (Fsp3) is 0.357. The molecule has 9 nitrogen and oxygen atoms in total. The van der Waals surface area contributed by atoms with Crippen LogP contribution in [0.2, 0.25) is 0 Å². The van der Waals surface area contributed by atoms with Crippen LogP contribution in [0.3, 0.4) is 0 Å². The Morgan fingerprint density at radius 3 is 2.96 bits per heavy atom. The summed E-state index contributed by atoms with van der Waals surface area (Å²) in [5.41, 5.74) is 1.46. The normalized spacial score (nSPS) is 16.8. The molecule has 0 aliphatic carbocycles. The first kappa shape index (κ1) is 16.5. The number of hydrogen-bond acceptors (Lipinski definition) is 7. The second kappa shape index (κ2) is 6.65. The van der Waals surface area contributed by atoms with E-state index >= 15 is 0 Å². The molecule has 0 bridgehead atoms. The van der Waals surface area contributed by atoms with Crippen LogP contribution >= 0.6 is 15.9 Å². The molecule has 0 radical (unpaired) electrons. The topological polar surface area (TPSA) is 109 Å². The van der Waals surface area contributed by atoms with Crippen molar-refractivity contribution in [3.63, 3.8) is 0 Å². The van der Waals surface area contributed by atoms with E-state index in [4.69, 9.17) is 0 Å². The Balaban J connectivity index is 1.80. The highest BCUT2D eigenvalue weighted by Crippen LogP contribution is 2.25. The first-order chi connectivity index (χ1) is 11.5. The summed E-state index contributed by atoms with van der Waals surface area (Å²) in [5.74, 6) is 0.138. The van der Waals surface area contributed by atoms with Gasteiger partial charge in [0.25, 0.3) is 0 Å². The zero-order valence-electron chi connectivity index (χ0n) is 13.1. The molecule has 2 N–H and O–H groups in total.